The van der Waals surface area contributed by atoms with E-state index in [-0.39, 0.29) is 12.5 Å². The predicted molar refractivity (Wildman–Crippen MR) is 350 cm³/mol. The Hall–Kier alpha value is -1.59. The quantitative estimate of drug-likeness (QED) is 0.0261. The van der Waals surface area contributed by atoms with Crippen molar-refractivity contribution < 1.29 is 39.8 Å². The highest BCUT2D eigenvalue weighted by Crippen LogP contribution is 2.24. The highest BCUT2D eigenvalue weighted by molar-refractivity contribution is 5.76. The second-order valence-corrected chi connectivity index (χ2v) is 25.4. The van der Waals surface area contributed by atoms with Gasteiger partial charge in [-0.05, 0) is 44.9 Å². The zero-order valence-electron chi connectivity index (χ0n) is 54.3. The highest BCUT2D eigenvalue weighted by atomic mass is 16.7. The van der Waals surface area contributed by atoms with Gasteiger partial charge in [-0.15, -0.1) is 0 Å². The maximum atomic E-state index is 13.1. The second-order valence-electron chi connectivity index (χ2n) is 25.4. The van der Waals surface area contributed by atoms with Crippen LogP contribution in [-0.4, -0.2) is 87.5 Å². The normalized spacial score (nSPS) is 18.5. The molecule has 0 radical (unpaired) electrons. The van der Waals surface area contributed by atoms with Crippen molar-refractivity contribution in [3.63, 3.8) is 0 Å². The Balaban J connectivity index is 2.07. The fourth-order valence-electron chi connectivity index (χ4n) is 11.8. The Morgan fingerprint density at radius 1 is 0.402 bits per heavy atom. The summed E-state index contributed by atoms with van der Waals surface area (Å²) in [6.45, 7) is 3.81. The number of carbonyl (C=O) groups excluding carboxylic acids is 1. The van der Waals surface area contributed by atoms with Gasteiger partial charge in [-0.3, -0.25) is 4.79 Å². The summed E-state index contributed by atoms with van der Waals surface area (Å²) in [4.78, 5) is 13.1. The van der Waals surface area contributed by atoms with Crippen molar-refractivity contribution in [2.45, 2.75) is 410 Å². The van der Waals surface area contributed by atoms with Gasteiger partial charge in [-0.1, -0.05) is 352 Å². The van der Waals surface area contributed by atoms with E-state index in [1.54, 1.807) is 6.08 Å². The fraction of sp³-hybridized carbons (Fsp3) is 0.904. The summed E-state index contributed by atoms with van der Waals surface area (Å²) in [5.41, 5.74) is 0. The van der Waals surface area contributed by atoms with E-state index < -0.39 is 49.5 Å². The van der Waals surface area contributed by atoms with Crippen molar-refractivity contribution in [3.8, 4) is 0 Å². The van der Waals surface area contributed by atoms with E-state index in [9.17, 15) is 30.3 Å². The standard InChI is InChI=1S/C73H139NO8/c1-3-5-7-9-11-13-15-17-19-21-23-25-26-27-28-29-30-31-32-33-34-35-36-37-38-39-40-41-43-45-47-49-51-53-55-57-59-61-63-69(77)74-66(65-81-73-72(80)71(79)70(78)68(64-75)82-73)67(76)62-60-58-56-54-52-50-48-46-44-42-24-22-20-18-16-14-12-10-8-6-4-2/h44,46,52,54,60,62,66-68,70-73,75-76,78-80H,3-43,45,47-51,53,55-59,61,63-65H2,1-2H3,(H,74,77)/b46-44+,54-52+,62-60+. The second kappa shape index (κ2) is 62.5. The number of ether oxygens (including phenoxy) is 2. The minimum absolute atomic E-state index is 0.183. The molecular weight excluding hydrogens is 1020 g/mol. The lowest BCUT2D eigenvalue weighted by Crippen LogP contribution is -2.60. The molecule has 0 aromatic heterocycles. The van der Waals surface area contributed by atoms with Crippen molar-refractivity contribution in [1.82, 2.24) is 5.32 Å². The summed E-state index contributed by atoms with van der Waals surface area (Å²) in [7, 11) is 0. The molecule has 0 bridgehead atoms. The maximum absolute atomic E-state index is 13.1. The topological polar surface area (TPSA) is 149 Å². The Morgan fingerprint density at radius 2 is 0.695 bits per heavy atom. The van der Waals surface area contributed by atoms with Gasteiger partial charge >= 0.3 is 0 Å². The zero-order valence-corrected chi connectivity index (χ0v) is 54.3. The van der Waals surface area contributed by atoms with Gasteiger partial charge in [-0.25, -0.2) is 0 Å². The van der Waals surface area contributed by atoms with Crippen molar-refractivity contribution in [3.05, 3.63) is 36.5 Å². The average Bonchev–Trinajstić information content (AvgIpc) is 3.60. The number of aliphatic hydroxyl groups excluding tert-OH is 5. The van der Waals surface area contributed by atoms with Gasteiger partial charge in [0, 0.05) is 6.42 Å². The van der Waals surface area contributed by atoms with Crippen LogP contribution in [0.5, 0.6) is 0 Å². The van der Waals surface area contributed by atoms with Crippen LogP contribution >= 0.6 is 0 Å². The van der Waals surface area contributed by atoms with Crippen LogP contribution in [0.3, 0.4) is 0 Å². The van der Waals surface area contributed by atoms with Gasteiger partial charge < -0.3 is 40.3 Å². The van der Waals surface area contributed by atoms with E-state index in [0.717, 1.165) is 44.9 Å². The third-order valence-electron chi connectivity index (χ3n) is 17.4. The average molecular weight is 1160 g/mol. The van der Waals surface area contributed by atoms with Crippen molar-refractivity contribution in [1.29, 1.82) is 0 Å². The summed E-state index contributed by atoms with van der Waals surface area (Å²) in [5, 5.41) is 54.7. The molecule has 1 rings (SSSR count). The van der Waals surface area contributed by atoms with Gasteiger partial charge in [0.05, 0.1) is 25.4 Å². The lowest BCUT2D eigenvalue weighted by atomic mass is 9.99. The summed E-state index contributed by atoms with van der Waals surface area (Å²) in [6, 6.07) is -0.827. The Kier molecular flexibility index (Phi) is 59.7. The summed E-state index contributed by atoms with van der Waals surface area (Å²) < 4.78 is 11.3. The van der Waals surface area contributed by atoms with Crippen LogP contribution in [-0.2, 0) is 14.3 Å². The largest absolute Gasteiger partial charge is 0.394 e. The third kappa shape index (κ3) is 50.6. The van der Waals surface area contributed by atoms with Gasteiger partial charge in [0.1, 0.15) is 24.4 Å². The molecule has 9 heteroatoms. The lowest BCUT2D eigenvalue weighted by molar-refractivity contribution is -0.302. The van der Waals surface area contributed by atoms with E-state index in [2.05, 4.69) is 43.5 Å². The molecule has 0 aromatic rings. The van der Waals surface area contributed by atoms with Crippen LogP contribution in [0, 0.1) is 0 Å². The van der Waals surface area contributed by atoms with Crippen LogP contribution in [0.4, 0.5) is 0 Å². The molecule has 0 spiro atoms. The zero-order chi connectivity index (χ0) is 59.3. The first-order chi connectivity index (χ1) is 40.3. The molecular formula is C73H139NO8. The molecule has 9 nitrogen and oxygen atoms in total. The first-order valence-corrected chi connectivity index (χ1v) is 36.2. The molecule has 0 saturated carbocycles. The molecule has 1 saturated heterocycles. The number of unbranched alkanes of at least 4 members (excludes halogenated alkanes) is 50. The number of hydrogen-bond acceptors (Lipinski definition) is 8. The molecule has 0 aliphatic carbocycles. The molecule has 7 unspecified atom stereocenters. The molecule has 7 atom stereocenters. The SMILES string of the molecule is CCCCCCCCCCCCC/C=C/CC/C=C/CC/C=C/C(O)C(COC1OC(CO)C(O)C(O)C1O)NC(=O)CCCCCCCCCCCCCCCCCCCCCCCCCCCCCCCCCCCCCCCC. The molecule has 1 aliphatic rings. The Bertz CT molecular complexity index is 1390. The Morgan fingerprint density at radius 3 is 1.02 bits per heavy atom. The minimum atomic E-state index is -1.57. The molecule has 1 amide bonds. The van der Waals surface area contributed by atoms with Gasteiger partial charge in [0.2, 0.25) is 5.91 Å². The van der Waals surface area contributed by atoms with Crippen LogP contribution < -0.4 is 5.32 Å². The summed E-state index contributed by atoms with van der Waals surface area (Å²) in [5.74, 6) is -0.183. The minimum Gasteiger partial charge on any atom is -0.394 e. The summed E-state index contributed by atoms with van der Waals surface area (Å²) in [6.07, 6.45) is 77.1. The van der Waals surface area contributed by atoms with Gasteiger partial charge in [0.15, 0.2) is 6.29 Å². The Labute approximate surface area is 508 Å². The van der Waals surface area contributed by atoms with Crippen LogP contribution in [0.15, 0.2) is 36.5 Å². The van der Waals surface area contributed by atoms with E-state index in [4.69, 9.17) is 9.47 Å². The lowest BCUT2D eigenvalue weighted by Gasteiger charge is -2.40. The van der Waals surface area contributed by atoms with Crippen LogP contribution in [0.2, 0.25) is 0 Å². The van der Waals surface area contributed by atoms with Gasteiger partial charge in [-0.2, -0.15) is 0 Å². The van der Waals surface area contributed by atoms with Crippen molar-refractivity contribution in [2.75, 3.05) is 13.2 Å². The van der Waals surface area contributed by atoms with Crippen molar-refractivity contribution in [2.24, 2.45) is 0 Å². The predicted octanol–water partition coefficient (Wildman–Crippen LogP) is 19.8. The smallest absolute Gasteiger partial charge is 0.220 e. The number of carbonyl (C=O) groups is 1. The first kappa shape index (κ1) is 78.4. The van der Waals surface area contributed by atoms with Crippen molar-refractivity contribution >= 4 is 5.91 Å². The molecule has 82 heavy (non-hydrogen) atoms. The monoisotopic (exact) mass is 1160 g/mol. The van der Waals surface area contributed by atoms with Gasteiger partial charge in [0.25, 0.3) is 0 Å². The molecule has 6 N–H and O–H groups in total. The number of allylic oxidation sites excluding steroid dienone is 5. The number of hydrogen-bond donors (Lipinski definition) is 6. The molecule has 1 aliphatic heterocycles. The number of amides is 1. The van der Waals surface area contributed by atoms with Crippen LogP contribution in [0.1, 0.15) is 367 Å². The number of nitrogens with one attached hydrogen (secondary N) is 1. The third-order valence-corrected chi connectivity index (χ3v) is 17.4. The molecule has 484 valence electrons. The number of rotatable bonds is 64. The maximum Gasteiger partial charge on any atom is 0.220 e. The van der Waals surface area contributed by atoms with Crippen LogP contribution in [0.25, 0.3) is 0 Å². The van der Waals surface area contributed by atoms with E-state index in [0.29, 0.717) is 6.42 Å². The summed E-state index contributed by atoms with van der Waals surface area (Å²) >= 11 is 0. The fourth-order valence-corrected chi connectivity index (χ4v) is 11.8. The van der Waals surface area contributed by atoms with E-state index >= 15 is 0 Å². The molecule has 0 aromatic carbocycles. The molecule has 1 heterocycles. The first-order valence-electron chi connectivity index (χ1n) is 36.2. The van der Waals surface area contributed by atoms with E-state index in [1.807, 2.05) is 6.08 Å². The van der Waals surface area contributed by atoms with E-state index in [1.165, 1.54) is 302 Å². The highest BCUT2D eigenvalue weighted by Gasteiger charge is 2.44. The number of aliphatic hydroxyl groups is 5. The molecule has 1 fully saturated rings.